The molecule has 0 bridgehead atoms. The highest BCUT2D eigenvalue weighted by Gasteiger charge is 2.08. The van der Waals surface area contributed by atoms with Gasteiger partial charge in [-0.3, -0.25) is 4.79 Å². The van der Waals surface area contributed by atoms with Crippen LogP contribution in [0.5, 0.6) is 0 Å². The lowest BCUT2D eigenvalue weighted by Crippen LogP contribution is -2.28. The van der Waals surface area contributed by atoms with Crippen LogP contribution >= 0.6 is 0 Å². The smallest absolute Gasteiger partial charge is 0.222 e. The van der Waals surface area contributed by atoms with Crippen LogP contribution in [0, 0.1) is 0 Å². The van der Waals surface area contributed by atoms with Gasteiger partial charge in [0, 0.05) is 26.6 Å². The maximum atomic E-state index is 12.1. The van der Waals surface area contributed by atoms with Crippen molar-refractivity contribution in [1.82, 2.24) is 4.90 Å². The predicted molar refractivity (Wildman–Crippen MR) is 93.1 cm³/mol. The third-order valence-corrected chi connectivity index (χ3v) is 3.80. The van der Waals surface area contributed by atoms with E-state index in [1.165, 1.54) is 11.1 Å². The van der Waals surface area contributed by atoms with Crippen LogP contribution in [0.1, 0.15) is 24.0 Å². The third kappa shape index (κ3) is 6.66. The van der Waals surface area contributed by atoms with Gasteiger partial charge in [0.2, 0.25) is 5.91 Å². The van der Waals surface area contributed by atoms with E-state index < -0.39 is 0 Å². The first-order valence-corrected chi connectivity index (χ1v) is 8.15. The Morgan fingerprint density at radius 3 is 2.22 bits per heavy atom. The van der Waals surface area contributed by atoms with Crippen molar-refractivity contribution in [1.29, 1.82) is 0 Å². The van der Waals surface area contributed by atoms with E-state index in [9.17, 15) is 4.79 Å². The minimum absolute atomic E-state index is 0.184. The lowest BCUT2D eigenvalue weighted by Gasteiger charge is -2.17. The zero-order chi connectivity index (χ0) is 16.3. The summed E-state index contributed by atoms with van der Waals surface area (Å²) in [4.78, 5) is 13.9. The normalized spacial score (nSPS) is 10.5. The lowest BCUT2D eigenvalue weighted by molar-refractivity contribution is -0.130. The Morgan fingerprint density at radius 2 is 1.57 bits per heavy atom. The van der Waals surface area contributed by atoms with Crippen LogP contribution in [0.3, 0.4) is 0 Å². The van der Waals surface area contributed by atoms with Gasteiger partial charge < -0.3 is 9.64 Å². The van der Waals surface area contributed by atoms with E-state index in [1.54, 1.807) is 0 Å². The van der Waals surface area contributed by atoms with Crippen molar-refractivity contribution in [2.75, 3.05) is 20.2 Å². The molecule has 0 fully saturated rings. The van der Waals surface area contributed by atoms with Crippen LogP contribution < -0.4 is 0 Å². The highest BCUT2D eigenvalue weighted by atomic mass is 16.5. The van der Waals surface area contributed by atoms with Crippen LogP contribution in [-0.2, 0) is 22.6 Å². The summed E-state index contributed by atoms with van der Waals surface area (Å²) in [6.07, 6.45) is 2.20. The number of carbonyl (C=O) groups excluding carboxylic acids is 1. The minimum Gasteiger partial charge on any atom is -0.377 e. The Morgan fingerprint density at radius 1 is 0.957 bits per heavy atom. The molecule has 0 aliphatic rings. The van der Waals surface area contributed by atoms with Crippen LogP contribution in [0.2, 0.25) is 0 Å². The maximum absolute atomic E-state index is 12.1. The van der Waals surface area contributed by atoms with Crippen molar-refractivity contribution < 1.29 is 9.53 Å². The van der Waals surface area contributed by atoms with Gasteiger partial charge in [-0.15, -0.1) is 0 Å². The summed E-state index contributed by atoms with van der Waals surface area (Å²) in [7, 11) is 1.87. The Bertz CT molecular complexity index is 569. The van der Waals surface area contributed by atoms with E-state index in [2.05, 4.69) is 12.1 Å². The van der Waals surface area contributed by atoms with Gasteiger partial charge >= 0.3 is 0 Å². The molecule has 0 unspecified atom stereocenters. The van der Waals surface area contributed by atoms with Crippen molar-refractivity contribution in [3.63, 3.8) is 0 Å². The molecule has 2 rings (SSSR count). The van der Waals surface area contributed by atoms with Crippen LogP contribution in [0.25, 0.3) is 0 Å². The Labute approximate surface area is 138 Å². The highest BCUT2D eigenvalue weighted by Crippen LogP contribution is 2.04. The molecule has 0 aliphatic heterocycles. The van der Waals surface area contributed by atoms with E-state index in [0.29, 0.717) is 19.6 Å². The number of ether oxygens (including phenoxy) is 1. The van der Waals surface area contributed by atoms with E-state index in [4.69, 9.17) is 4.74 Å². The molecule has 0 spiro atoms. The average Bonchev–Trinajstić information content (AvgIpc) is 2.61. The minimum atomic E-state index is 0.184. The van der Waals surface area contributed by atoms with Crippen LogP contribution in [0.15, 0.2) is 60.7 Å². The standard InChI is InChI=1S/C20H25NO2/c1-21(15-14-18-9-4-2-5-10-18)20(22)13-8-16-23-17-19-11-6-3-7-12-19/h2-7,9-12H,8,13-17H2,1H3. The zero-order valence-corrected chi connectivity index (χ0v) is 13.8. The van der Waals surface area contributed by atoms with Gasteiger partial charge in [0.05, 0.1) is 6.61 Å². The molecule has 0 radical (unpaired) electrons. The molecule has 122 valence electrons. The van der Waals surface area contributed by atoms with Gasteiger partial charge in [-0.05, 0) is 24.0 Å². The molecule has 1 amide bonds. The Hall–Kier alpha value is -2.13. The molecule has 0 saturated heterocycles. The number of carbonyl (C=O) groups is 1. The highest BCUT2D eigenvalue weighted by molar-refractivity contribution is 5.75. The van der Waals surface area contributed by atoms with Gasteiger partial charge in [-0.25, -0.2) is 0 Å². The molecular formula is C20H25NO2. The molecule has 0 aromatic heterocycles. The van der Waals surface area contributed by atoms with Gasteiger partial charge in [-0.2, -0.15) is 0 Å². The van der Waals surface area contributed by atoms with E-state index in [0.717, 1.165) is 19.4 Å². The number of hydrogen-bond acceptors (Lipinski definition) is 2. The van der Waals surface area contributed by atoms with Gasteiger partial charge in [0.1, 0.15) is 0 Å². The quantitative estimate of drug-likeness (QED) is 0.661. The molecule has 2 aromatic rings. The fourth-order valence-corrected chi connectivity index (χ4v) is 2.35. The van der Waals surface area contributed by atoms with Crippen LogP contribution in [-0.4, -0.2) is 31.0 Å². The first kappa shape index (κ1) is 17.2. The molecule has 0 atom stereocenters. The largest absolute Gasteiger partial charge is 0.377 e. The van der Waals surface area contributed by atoms with E-state index in [1.807, 2.05) is 60.5 Å². The van der Waals surface area contributed by atoms with Crippen LogP contribution in [0.4, 0.5) is 0 Å². The van der Waals surface area contributed by atoms with Gasteiger partial charge in [0.15, 0.2) is 0 Å². The van der Waals surface area contributed by atoms with Gasteiger partial charge in [0.25, 0.3) is 0 Å². The summed E-state index contributed by atoms with van der Waals surface area (Å²) < 4.78 is 5.61. The lowest BCUT2D eigenvalue weighted by atomic mass is 10.1. The summed E-state index contributed by atoms with van der Waals surface area (Å²) in [5, 5.41) is 0. The molecule has 3 nitrogen and oxygen atoms in total. The summed E-state index contributed by atoms with van der Waals surface area (Å²) in [6, 6.07) is 20.3. The topological polar surface area (TPSA) is 29.5 Å². The number of hydrogen-bond donors (Lipinski definition) is 0. The SMILES string of the molecule is CN(CCc1ccccc1)C(=O)CCCOCc1ccccc1. The van der Waals surface area contributed by atoms with Gasteiger partial charge in [-0.1, -0.05) is 60.7 Å². The molecule has 0 aliphatic carbocycles. The summed E-state index contributed by atoms with van der Waals surface area (Å²) in [6.45, 7) is 1.99. The number of rotatable bonds is 9. The Balaban J connectivity index is 1.57. The summed E-state index contributed by atoms with van der Waals surface area (Å²) in [5.74, 6) is 0.184. The monoisotopic (exact) mass is 311 g/mol. The summed E-state index contributed by atoms with van der Waals surface area (Å²) in [5.41, 5.74) is 2.43. The number of amides is 1. The maximum Gasteiger partial charge on any atom is 0.222 e. The van der Waals surface area contributed by atoms with E-state index in [-0.39, 0.29) is 5.91 Å². The van der Waals surface area contributed by atoms with Crippen molar-refractivity contribution in [2.24, 2.45) is 0 Å². The number of benzene rings is 2. The zero-order valence-electron chi connectivity index (χ0n) is 13.8. The number of nitrogens with zero attached hydrogens (tertiary/aromatic N) is 1. The molecule has 3 heteroatoms. The van der Waals surface area contributed by atoms with Crippen molar-refractivity contribution >= 4 is 5.91 Å². The second kappa shape index (κ2) is 9.80. The predicted octanol–water partition coefficient (Wildman–Crippen LogP) is 3.68. The molecule has 2 aromatic carbocycles. The second-order valence-corrected chi connectivity index (χ2v) is 5.69. The average molecular weight is 311 g/mol. The Kier molecular flexibility index (Phi) is 7.34. The first-order valence-electron chi connectivity index (χ1n) is 8.15. The van der Waals surface area contributed by atoms with Crippen molar-refractivity contribution in [2.45, 2.75) is 25.9 Å². The first-order chi connectivity index (χ1) is 11.3. The fourth-order valence-electron chi connectivity index (χ4n) is 2.35. The second-order valence-electron chi connectivity index (χ2n) is 5.69. The third-order valence-electron chi connectivity index (χ3n) is 3.80. The molecule has 0 heterocycles. The van der Waals surface area contributed by atoms with Crippen molar-refractivity contribution in [3.05, 3.63) is 71.8 Å². The molecule has 0 saturated carbocycles. The molecular weight excluding hydrogens is 286 g/mol. The molecule has 23 heavy (non-hydrogen) atoms. The summed E-state index contributed by atoms with van der Waals surface area (Å²) >= 11 is 0. The fraction of sp³-hybridized carbons (Fsp3) is 0.350. The number of likely N-dealkylation sites (N-methyl/N-ethyl adjacent to an activating group) is 1. The van der Waals surface area contributed by atoms with E-state index >= 15 is 0 Å². The van der Waals surface area contributed by atoms with Crippen molar-refractivity contribution in [3.8, 4) is 0 Å². The molecule has 0 N–H and O–H groups in total.